The van der Waals surface area contributed by atoms with E-state index in [1.165, 1.54) is 0 Å². The summed E-state index contributed by atoms with van der Waals surface area (Å²) in [6.45, 7) is 9.78. The van der Waals surface area contributed by atoms with Crippen molar-refractivity contribution in [2.75, 3.05) is 0 Å². The molecule has 0 heterocycles. The highest BCUT2D eigenvalue weighted by Gasteiger charge is 2.26. The zero-order chi connectivity index (χ0) is 16.4. The lowest BCUT2D eigenvalue weighted by Gasteiger charge is -2.32. The highest BCUT2D eigenvalue weighted by molar-refractivity contribution is 6.08. The lowest BCUT2D eigenvalue weighted by molar-refractivity contribution is 0.0640. The van der Waals surface area contributed by atoms with Crippen molar-refractivity contribution < 1.29 is 9.90 Å². The van der Waals surface area contributed by atoms with Crippen LogP contribution in [0.3, 0.4) is 0 Å². The van der Waals surface area contributed by atoms with Gasteiger partial charge < -0.3 is 10.0 Å². The molecular formula is C19H25NO2. The Labute approximate surface area is 132 Å². The second-order valence-electron chi connectivity index (χ2n) is 6.33. The van der Waals surface area contributed by atoms with Gasteiger partial charge in [0.25, 0.3) is 5.91 Å². The first-order valence-electron chi connectivity index (χ1n) is 7.87. The van der Waals surface area contributed by atoms with Crippen molar-refractivity contribution in [3.63, 3.8) is 0 Å². The standard InChI is InChI=1S/C19H25NO2/c1-12(2)20(13(3)4)19(22)18-16(14(5)21)11-10-15-8-6-7-9-17(15)18/h6-14,21H,1-5H3/t14-/m1/s1. The minimum absolute atomic E-state index is 0.0160. The van der Waals surface area contributed by atoms with Crippen LogP contribution < -0.4 is 0 Å². The summed E-state index contributed by atoms with van der Waals surface area (Å²) < 4.78 is 0. The Morgan fingerprint density at radius 2 is 1.55 bits per heavy atom. The van der Waals surface area contributed by atoms with Crippen LogP contribution in [-0.4, -0.2) is 28.0 Å². The third-order valence-corrected chi connectivity index (χ3v) is 3.97. The van der Waals surface area contributed by atoms with E-state index in [0.29, 0.717) is 11.1 Å². The number of aliphatic hydroxyl groups excluding tert-OH is 1. The van der Waals surface area contributed by atoms with E-state index in [9.17, 15) is 9.90 Å². The van der Waals surface area contributed by atoms with Crippen LogP contribution in [0, 0.1) is 0 Å². The molecular weight excluding hydrogens is 274 g/mol. The van der Waals surface area contributed by atoms with Gasteiger partial charge >= 0.3 is 0 Å². The third kappa shape index (κ3) is 3.00. The van der Waals surface area contributed by atoms with Crippen LogP contribution in [0.5, 0.6) is 0 Å². The molecule has 3 nitrogen and oxygen atoms in total. The molecule has 2 aromatic carbocycles. The fourth-order valence-electron chi connectivity index (χ4n) is 3.07. The van der Waals surface area contributed by atoms with Gasteiger partial charge in [-0.15, -0.1) is 0 Å². The zero-order valence-corrected chi connectivity index (χ0v) is 14.0. The van der Waals surface area contributed by atoms with Gasteiger partial charge in [0.05, 0.1) is 11.7 Å². The molecule has 22 heavy (non-hydrogen) atoms. The van der Waals surface area contributed by atoms with Crippen LogP contribution >= 0.6 is 0 Å². The third-order valence-electron chi connectivity index (χ3n) is 3.97. The second-order valence-corrected chi connectivity index (χ2v) is 6.33. The Bertz CT molecular complexity index is 666. The molecule has 0 saturated heterocycles. The summed E-state index contributed by atoms with van der Waals surface area (Å²) in [6, 6.07) is 11.9. The molecule has 0 aromatic heterocycles. The van der Waals surface area contributed by atoms with Crippen molar-refractivity contribution in [2.45, 2.75) is 52.8 Å². The molecule has 0 radical (unpaired) electrons. The van der Waals surface area contributed by atoms with Gasteiger partial charge in [0.1, 0.15) is 0 Å². The topological polar surface area (TPSA) is 40.5 Å². The molecule has 0 unspecified atom stereocenters. The van der Waals surface area contributed by atoms with Gasteiger partial charge in [-0.25, -0.2) is 0 Å². The first-order chi connectivity index (χ1) is 10.3. The van der Waals surface area contributed by atoms with Crippen LogP contribution in [0.15, 0.2) is 36.4 Å². The molecule has 0 saturated carbocycles. The monoisotopic (exact) mass is 299 g/mol. The molecule has 0 aliphatic heterocycles. The molecule has 0 aliphatic rings. The summed E-state index contributed by atoms with van der Waals surface area (Å²) in [5.74, 6) is -0.0160. The Balaban J connectivity index is 2.70. The molecule has 0 bridgehead atoms. The van der Waals surface area contributed by atoms with E-state index < -0.39 is 6.10 Å². The summed E-state index contributed by atoms with van der Waals surface area (Å²) >= 11 is 0. The largest absolute Gasteiger partial charge is 0.389 e. The molecule has 0 spiro atoms. The van der Waals surface area contributed by atoms with Crippen LogP contribution in [0.1, 0.15) is 56.6 Å². The van der Waals surface area contributed by atoms with Crippen molar-refractivity contribution in [2.24, 2.45) is 0 Å². The molecule has 2 rings (SSSR count). The molecule has 0 fully saturated rings. The number of nitrogens with zero attached hydrogens (tertiary/aromatic N) is 1. The summed E-state index contributed by atoms with van der Waals surface area (Å²) in [6.07, 6.45) is -0.676. The Kier molecular flexibility index (Phi) is 4.87. The lowest BCUT2D eigenvalue weighted by Crippen LogP contribution is -2.42. The average Bonchev–Trinajstić information content (AvgIpc) is 2.44. The lowest BCUT2D eigenvalue weighted by atomic mass is 9.94. The number of carbonyl (C=O) groups is 1. The maximum absolute atomic E-state index is 13.2. The fourth-order valence-corrected chi connectivity index (χ4v) is 3.07. The van der Waals surface area contributed by atoms with E-state index in [1.807, 2.05) is 69.0 Å². The van der Waals surface area contributed by atoms with Crippen LogP contribution in [0.25, 0.3) is 10.8 Å². The van der Waals surface area contributed by atoms with E-state index in [1.54, 1.807) is 6.92 Å². The van der Waals surface area contributed by atoms with E-state index in [4.69, 9.17) is 0 Å². The number of benzene rings is 2. The van der Waals surface area contributed by atoms with Crippen molar-refractivity contribution in [3.05, 3.63) is 47.5 Å². The molecule has 118 valence electrons. The minimum atomic E-state index is -0.676. The maximum Gasteiger partial charge on any atom is 0.255 e. The normalized spacial score (nSPS) is 12.9. The number of carbonyl (C=O) groups excluding carboxylic acids is 1. The minimum Gasteiger partial charge on any atom is -0.389 e. The SMILES string of the molecule is CC(C)N(C(=O)c1c([C@@H](C)O)ccc2ccccc12)C(C)C. The van der Waals surface area contributed by atoms with Crippen molar-refractivity contribution in [3.8, 4) is 0 Å². The second kappa shape index (κ2) is 6.49. The maximum atomic E-state index is 13.2. The van der Waals surface area contributed by atoms with Gasteiger partial charge in [0.2, 0.25) is 0 Å². The van der Waals surface area contributed by atoms with Crippen LogP contribution in [0.2, 0.25) is 0 Å². The summed E-state index contributed by atoms with van der Waals surface area (Å²) in [5.41, 5.74) is 1.31. The molecule has 2 aromatic rings. The Morgan fingerprint density at radius 1 is 0.955 bits per heavy atom. The van der Waals surface area contributed by atoms with E-state index in [-0.39, 0.29) is 18.0 Å². The molecule has 1 atom stereocenters. The van der Waals surface area contributed by atoms with Crippen molar-refractivity contribution >= 4 is 16.7 Å². The number of hydrogen-bond donors (Lipinski definition) is 1. The summed E-state index contributed by atoms with van der Waals surface area (Å²) in [7, 11) is 0. The number of fused-ring (bicyclic) bond motifs is 1. The number of hydrogen-bond acceptors (Lipinski definition) is 2. The fraction of sp³-hybridized carbons (Fsp3) is 0.421. The highest BCUT2D eigenvalue weighted by Crippen LogP contribution is 2.29. The smallest absolute Gasteiger partial charge is 0.255 e. The number of amides is 1. The Morgan fingerprint density at radius 3 is 2.09 bits per heavy atom. The van der Waals surface area contributed by atoms with E-state index >= 15 is 0 Å². The number of aliphatic hydroxyl groups is 1. The molecule has 1 amide bonds. The predicted molar refractivity (Wildman–Crippen MR) is 91.0 cm³/mol. The molecule has 1 N–H and O–H groups in total. The predicted octanol–water partition coefficient (Wildman–Crippen LogP) is 4.15. The quantitative estimate of drug-likeness (QED) is 0.921. The average molecular weight is 299 g/mol. The number of rotatable bonds is 4. The van der Waals surface area contributed by atoms with Gasteiger partial charge in [-0.2, -0.15) is 0 Å². The first kappa shape index (κ1) is 16.5. The van der Waals surface area contributed by atoms with E-state index in [0.717, 1.165) is 10.8 Å². The molecule has 3 heteroatoms. The van der Waals surface area contributed by atoms with Crippen LogP contribution in [-0.2, 0) is 0 Å². The van der Waals surface area contributed by atoms with Crippen LogP contribution in [0.4, 0.5) is 0 Å². The van der Waals surface area contributed by atoms with Crippen molar-refractivity contribution in [1.82, 2.24) is 4.90 Å². The highest BCUT2D eigenvalue weighted by atomic mass is 16.3. The van der Waals surface area contributed by atoms with Gasteiger partial charge in [0.15, 0.2) is 0 Å². The zero-order valence-electron chi connectivity index (χ0n) is 14.0. The van der Waals surface area contributed by atoms with E-state index in [2.05, 4.69) is 0 Å². The van der Waals surface area contributed by atoms with Gasteiger partial charge in [-0.3, -0.25) is 4.79 Å². The first-order valence-corrected chi connectivity index (χ1v) is 7.87. The van der Waals surface area contributed by atoms with Crippen molar-refractivity contribution in [1.29, 1.82) is 0 Å². The Hall–Kier alpha value is -1.87. The van der Waals surface area contributed by atoms with Gasteiger partial charge in [0, 0.05) is 12.1 Å². The van der Waals surface area contributed by atoms with Gasteiger partial charge in [-0.1, -0.05) is 36.4 Å². The van der Waals surface area contributed by atoms with Gasteiger partial charge in [-0.05, 0) is 51.0 Å². The molecule has 0 aliphatic carbocycles. The summed E-state index contributed by atoms with van der Waals surface area (Å²) in [4.78, 5) is 15.1. The summed E-state index contributed by atoms with van der Waals surface area (Å²) in [5, 5.41) is 12.0.